The van der Waals surface area contributed by atoms with E-state index in [2.05, 4.69) is 19.2 Å². The fraction of sp³-hybridized carbons (Fsp3) is 0.562. The lowest BCUT2D eigenvalue weighted by molar-refractivity contribution is -0.127. The molecule has 5 heteroatoms. The molecule has 1 aromatic rings. The van der Waals surface area contributed by atoms with Crippen LogP contribution in [0.25, 0.3) is 0 Å². The summed E-state index contributed by atoms with van der Waals surface area (Å²) >= 11 is 0. The van der Waals surface area contributed by atoms with Crippen LogP contribution >= 0.6 is 0 Å². The average molecular weight is 296 g/mol. The second kappa shape index (κ2) is 8.62. The summed E-state index contributed by atoms with van der Waals surface area (Å²) in [6, 6.07) is 4.25. The summed E-state index contributed by atoms with van der Waals surface area (Å²) in [5.74, 6) is 0.543. The van der Waals surface area contributed by atoms with Crippen molar-refractivity contribution >= 4 is 5.91 Å². The number of nitrogens with two attached hydrogens (primary N) is 1. The highest BCUT2D eigenvalue weighted by Gasteiger charge is 2.16. The van der Waals surface area contributed by atoms with E-state index in [9.17, 15) is 9.18 Å². The number of amides is 1. The molecule has 0 saturated carbocycles. The van der Waals surface area contributed by atoms with Gasteiger partial charge in [0, 0.05) is 6.54 Å². The van der Waals surface area contributed by atoms with Crippen molar-refractivity contribution in [1.82, 2.24) is 5.32 Å². The van der Waals surface area contributed by atoms with E-state index in [-0.39, 0.29) is 11.7 Å². The van der Waals surface area contributed by atoms with Crippen LogP contribution in [0.15, 0.2) is 18.2 Å². The van der Waals surface area contributed by atoms with Crippen LogP contribution in [0.5, 0.6) is 5.75 Å². The number of halogens is 1. The van der Waals surface area contributed by atoms with Crippen molar-refractivity contribution in [2.24, 2.45) is 11.7 Å². The van der Waals surface area contributed by atoms with Gasteiger partial charge in [-0.1, -0.05) is 13.8 Å². The summed E-state index contributed by atoms with van der Waals surface area (Å²) < 4.78 is 18.9. The van der Waals surface area contributed by atoms with E-state index < -0.39 is 6.10 Å². The summed E-state index contributed by atoms with van der Waals surface area (Å²) in [7, 11) is 0. The minimum Gasteiger partial charge on any atom is -0.481 e. The summed E-state index contributed by atoms with van der Waals surface area (Å²) in [6.45, 7) is 6.91. The molecule has 0 spiro atoms. The minimum absolute atomic E-state index is 0.168. The largest absolute Gasteiger partial charge is 0.481 e. The zero-order valence-electron chi connectivity index (χ0n) is 13.0. The minimum atomic E-state index is -0.626. The number of nitrogens with one attached hydrogen (secondary N) is 1. The van der Waals surface area contributed by atoms with Gasteiger partial charge in [-0.15, -0.1) is 0 Å². The molecule has 1 rings (SSSR count). The maximum absolute atomic E-state index is 13.2. The molecule has 0 radical (unpaired) electrons. The maximum atomic E-state index is 13.2. The van der Waals surface area contributed by atoms with Crippen LogP contribution in [0, 0.1) is 11.7 Å². The van der Waals surface area contributed by atoms with Gasteiger partial charge in [0.05, 0.1) is 0 Å². The Morgan fingerprint density at radius 1 is 1.38 bits per heavy atom. The molecule has 0 aromatic heterocycles. The summed E-state index contributed by atoms with van der Waals surface area (Å²) in [6.07, 6.45) is 0.807. The number of hydrogen-bond acceptors (Lipinski definition) is 3. The first-order chi connectivity index (χ1) is 9.93. The Morgan fingerprint density at radius 2 is 2.10 bits per heavy atom. The van der Waals surface area contributed by atoms with Crippen LogP contribution < -0.4 is 15.8 Å². The van der Waals surface area contributed by atoms with Crippen LogP contribution in [0.3, 0.4) is 0 Å². The molecule has 0 aliphatic heterocycles. The molecule has 118 valence electrons. The van der Waals surface area contributed by atoms with E-state index in [1.165, 1.54) is 18.2 Å². The Kier molecular flexibility index (Phi) is 7.15. The van der Waals surface area contributed by atoms with E-state index >= 15 is 0 Å². The molecule has 0 heterocycles. The molecule has 0 saturated heterocycles. The molecule has 0 bridgehead atoms. The Labute approximate surface area is 125 Å². The van der Waals surface area contributed by atoms with Gasteiger partial charge in [-0.3, -0.25) is 4.79 Å². The fourth-order valence-corrected chi connectivity index (χ4v) is 1.89. The first-order valence-corrected chi connectivity index (χ1v) is 7.37. The van der Waals surface area contributed by atoms with E-state index in [1.807, 2.05) is 0 Å². The normalized spacial score (nSPS) is 12.3. The molecular formula is C16H25FN2O2. The van der Waals surface area contributed by atoms with Crippen molar-refractivity contribution in [2.45, 2.75) is 39.7 Å². The molecule has 0 aliphatic carbocycles. The van der Waals surface area contributed by atoms with Gasteiger partial charge in [0.15, 0.2) is 6.10 Å². The average Bonchev–Trinajstić information content (AvgIpc) is 2.41. The second-order valence-corrected chi connectivity index (χ2v) is 5.52. The summed E-state index contributed by atoms with van der Waals surface area (Å²) in [4.78, 5) is 11.9. The second-order valence-electron chi connectivity index (χ2n) is 5.52. The Morgan fingerprint density at radius 3 is 2.71 bits per heavy atom. The highest BCUT2D eigenvalue weighted by atomic mass is 19.1. The van der Waals surface area contributed by atoms with E-state index in [4.69, 9.17) is 10.5 Å². The van der Waals surface area contributed by atoms with E-state index in [1.54, 1.807) is 6.92 Å². The topological polar surface area (TPSA) is 64.3 Å². The van der Waals surface area contributed by atoms with E-state index in [0.717, 1.165) is 6.42 Å². The third-order valence-corrected chi connectivity index (χ3v) is 3.13. The molecule has 4 nitrogen and oxygen atoms in total. The Hall–Kier alpha value is -1.62. The third-order valence-electron chi connectivity index (χ3n) is 3.13. The van der Waals surface area contributed by atoms with Crippen LogP contribution in [-0.4, -0.2) is 25.1 Å². The highest BCUT2D eigenvalue weighted by Crippen LogP contribution is 2.21. The highest BCUT2D eigenvalue weighted by molar-refractivity contribution is 5.80. The number of benzene rings is 1. The van der Waals surface area contributed by atoms with Crippen LogP contribution in [0.2, 0.25) is 0 Å². The molecule has 1 atom stereocenters. The van der Waals surface area contributed by atoms with Crippen molar-refractivity contribution in [3.8, 4) is 5.75 Å². The van der Waals surface area contributed by atoms with E-state index in [0.29, 0.717) is 36.7 Å². The predicted octanol–water partition coefficient (Wildman–Crippen LogP) is 2.26. The molecule has 0 fully saturated rings. The summed E-state index contributed by atoms with van der Waals surface area (Å²) in [5.41, 5.74) is 6.19. The first kappa shape index (κ1) is 17.4. The van der Waals surface area contributed by atoms with Crippen molar-refractivity contribution in [2.75, 3.05) is 13.1 Å². The van der Waals surface area contributed by atoms with Gasteiger partial charge in [-0.2, -0.15) is 0 Å². The van der Waals surface area contributed by atoms with Crippen molar-refractivity contribution in [3.05, 3.63) is 29.6 Å². The first-order valence-electron chi connectivity index (χ1n) is 7.37. The standard InChI is InChI=1S/C16H25FN2O2/c1-11(2)7-9-19-16(20)12(3)21-15-5-4-14(17)10-13(15)6-8-18/h4-5,10-12H,6-9,18H2,1-3H3,(H,19,20). The van der Waals surface area contributed by atoms with Crippen LogP contribution in [0.4, 0.5) is 4.39 Å². The summed E-state index contributed by atoms with van der Waals surface area (Å²) in [5, 5.41) is 2.83. The van der Waals surface area contributed by atoms with Crippen LogP contribution in [0.1, 0.15) is 32.8 Å². The molecule has 21 heavy (non-hydrogen) atoms. The zero-order chi connectivity index (χ0) is 15.8. The fourth-order valence-electron chi connectivity index (χ4n) is 1.89. The van der Waals surface area contributed by atoms with Gasteiger partial charge in [0.2, 0.25) is 0 Å². The SMILES string of the molecule is CC(C)CCNC(=O)C(C)Oc1ccc(F)cc1CCN. The van der Waals surface area contributed by atoms with Crippen molar-refractivity contribution in [3.63, 3.8) is 0 Å². The van der Waals surface area contributed by atoms with Crippen LogP contribution in [-0.2, 0) is 11.2 Å². The van der Waals surface area contributed by atoms with Gasteiger partial charge in [-0.25, -0.2) is 4.39 Å². The lowest BCUT2D eigenvalue weighted by Crippen LogP contribution is -2.37. The quantitative estimate of drug-likeness (QED) is 0.773. The zero-order valence-corrected chi connectivity index (χ0v) is 13.0. The number of hydrogen-bond donors (Lipinski definition) is 2. The number of ether oxygens (including phenoxy) is 1. The Balaban J connectivity index is 2.61. The predicted molar refractivity (Wildman–Crippen MR) is 81.7 cm³/mol. The number of rotatable bonds is 8. The van der Waals surface area contributed by atoms with Gasteiger partial charge in [0.1, 0.15) is 11.6 Å². The van der Waals surface area contributed by atoms with Gasteiger partial charge < -0.3 is 15.8 Å². The monoisotopic (exact) mass is 296 g/mol. The number of carbonyl (C=O) groups is 1. The van der Waals surface area contributed by atoms with Crippen molar-refractivity contribution in [1.29, 1.82) is 0 Å². The molecule has 1 amide bonds. The smallest absolute Gasteiger partial charge is 0.260 e. The Bertz CT molecular complexity index is 464. The van der Waals surface area contributed by atoms with Crippen molar-refractivity contribution < 1.29 is 13.9 Å². The molecule has 0 aliphatic rings. The number of carbonyl (C=O) groups excluding carboxylic acids is 1. The van der Waals surface area contributed by atoms with Gasteiger partial charge in [0.25, 0.3) is 5.91 Å². The molecule has 1 unspecified atom stereocenters. The van der Waals surface area contributed by atoms with Gasteiger partial charge in [-0.05, 0) is 56.0 Å². The third kappa shape index (κ3) is 6.12. The lowest BCUT2D eigenvalue weighted by Gasteiger charge is -2.17. The maximum Gasteiger partial charge on any atom is 0.260 e. The van der Waals surface area contributed by atoms with Gasteiger partial charge >= 0.3 is 0 Å². The molecular weight excluding hydrogens is 271 g/mol. The lowest BCUT2D eigenvalue weighted by atomic mass is 10.1. The molecule has 3 N–H and O–H groups in total. The molecule has 1 aromatic carbocycles.